The van der Waals surface area contributed by atoms with Crippen LogP contribution in [-0.4, -0.2) is 10.2 Å². The van der Waals surface area contributed by atoms with E-state index in [-0.39, 0.29) is 21.7 Å². The minimum atomic E-state index is 0. The maximum Gasteiger partial charge on any atom is 2.00 e. The molecule has 4 aromatic rings. The molecule has 4 aromatic carbocycles. The number of benzene rings is 4. The van der Waals surface area contributed by atoms with Gasteiger partial charge in [-0.1, -0.05) is 36.4 Å². The number of hydrogen-bond acceptors (Lipinski definition) is 2. The summed E-state index contributed by atoms with van der Waals surface area (Å²) >= 11 is 0. The molecule has 0 aliphatic carbocycles. The van der Waals surface area contributed by atoms with E-state index in [1.165, 1.54) is 0 Å². The maximum atomic E-state index is 8.63. The first kappa shape index (κ1) is 24.2. The number of phenols is 2. The molecule has 27 heavy (non-hydrogen) atoms. The van der Waals surface area contributed by atoms with Crippen LogP contribution < -0.4 is 0 Å². The van der Waals surface area contributed by atoms with Gasteiger partial charge in [0, 0.05) is 0 Å². The van der Waals surface area contributed by atoms with E-state index in [4.69, 9.17) is 10.2 Å². The average Bonchev–Trinajstić information content (AvgIpc) is 2.73. The SMILES string of the molecule is Oc1ccccc1.Oc1ccccc1.[Ti+2].[c-]1ccccc1.[c-]1ccccc1. The molecule has 134 valence electrons. The first-order valence-corrected chi connectivity index (χ1v) is 8.09. The summed E-state index contributed by atoms with van der Waals surface area (Å²) in [5, 5.41) is 17.3. The summed E-state index contributed by atoms with van der Waals surface area (Å²) in [5.41, 5.74) is 0. The van der Waals surface area contributed by atoms with E-state index in [0.717, 1.165) is 0 Å². The first-order chi connectivity index (χ1) is 12.8. The van der Waals surface area contributed by atoms with Crippen molar-refractivity contribution in [2.45, 2.75) is 0 Å². The molecule has 0 saturated carbocycles. The Morgan fingerprint density at radius 1 is 0.407 bits per heavy atom. The van der Waals surface area contributed by atoms with Crippen LogP contribution in [0.4, 0.5) is 0 Å². The minimum absolute atomic E-state index is 0. The van der Waals surface area contributed by atoms with Gasteiger partial charge >= 0.3 is 21.7 Å². The first-order valence-electron chi connectivity index (χ1n) is 8.09. The third-order valence-electron chi connectivity index (χ3n) is 2.73. The average molecular weight is 390 g/mol. The molecular weight excluding hydrogens is 368 g/mol. The normalized spacial score (nSPS) is 8.00. The van der Waals surface area contributed by atoms with Crippen LogP contribution in [0.5, 0.6) is 11.5 Å². The van der Waals surface area contributed by atoms with E-state index in [1.807, 2.05) is 72.8 Å². The van der Waals surface area contributed by atoms with Crippen LogP contribution in [0.2, 0.25) is 0 Å². The van der Waals surface area contributed by atoms with Crippen molar-refractivity contribution in [1.29, 1.82) is 0 Å². The fourth-order valence-corrected chi connectivity index (χ4v) is 1.54. The predicted octanol–water partition coefficient (Wildman–Crippen LogP) is 5.76. The standard InChI is InChI=1S/2C6H6O.2C6H5.Ti/c2*7-6-4-2-1-3-5-6;2*1-2-4-6-5-3-1;/h2*1-5,7H;2*1-5H;/q;;2*-1;+2. The van der Waals surface area contributed by atoms with Gasteiger partial charge in [-0.05, 0) is 24.3 Å². The van der Waals surface area contributed by atoms with E-state index in [9.17, 15) is 0 Å². The zero-order valence-electron chi connectivity index (χ0n) is 14.9. The van der Waals surface area contributed by atoms with Crippen molar-refractivity contribution < 1.29 is 31.9 Å². The van der Waals surface area contributed by atoms with E-state index >= 15 is 0 Å². The van der Waals surface area contributed by atoms with Crippen molar-refractivity contribution >= 4 is 0 Å². The van der Waals surface area contributed by atoms with Crippen molar-refractivity contribution in [3.63, 3.8) is 0 Å². The van der Waals surface area contributed by atoms with Crippen LogP contribution >= 0.6 is 0 Å². The molecule has 0 bridgehead atoms. The van der Waals surface area contributed by atoms with Gasteiger partial charge in [0.05, 0.1) is 0 Å². The topological polar surface area (TPSA) is 40.5 Å². The minimum Gasteiger partial charge on any atom is -0.508 e. The Morgan fingerprint density at radius 3 is 0.778 bits per heavy atom. The summed E-state index contributed by atoms with van der Waals surface area (Å²) in [7, 11) is 0. The number of hydrogen-bond donors (Lipinski definition) is 2. The van der Waals surface area contributed by atoms with E-state index < -0.39 is 0 Å². The van der Waals surface area contributed by atoms with Gasteiger partial charge < -0.3 is 10.2 Å². The van der Waals surface area contributed by atoms with E-state index in [2.05, 4.69) is 12.1 Å². The van der Waals surface area contributed by atoms with Crippen LogP contribution in [-0.2, 0) is 21.7 Å². The predicted molar refractivity (Wildman–Crippen MR) is 107 cm³/mol. The molecule has 0 fully saturated rings. The quantitative estimate of drug-likeness (QED) is 0.296. The Labute approximate surface area is 176 Å². The molecule has 0 unspecified atom stereocenters. The molecule has 0 saturated heterocycles. The van der Waals surface area contributed by atoms with Crippen LogP contribution in [0, 0.1) is 12.1 Å². The van der Waals surface area contributed by atoms with Crippen molar-refractivity contribution in [2.75, 3.05) is 0 Å². The van der Waals surface area contributed by atoms with Crippen LogP contribution in [0.3, 0.4) is 0 Å². The molecule has 0 aliphatic heterocycles. The molecule has 0 atom stereocenters. The summed E-state index contributed by atoms with van der Waals surface area (Å²) in [6.07, 6.45) is 0. The summed E-state index contributed by atoms with van der Waals surface area (Å²) in [6, 6.07) is 42.4. The molecule has 0 aliphatic rings. The summed E-state index contributed by atoms with van der Waals surface area (Å²) in [6.45, 7) is 0. The molecule has 2 nitrogen and oxygen atoms in total. The van der Waals surface area contributed by atoms with Gasteiger partial charge in [0.2, 0.25) is 0 Å². The molecule has 3 heteroatoms. The molecule has 0 spiro atoms. The molecule has 0 amide bonds. The summed E-state index contributed by atoms with van der Waals surface area (Å²) in [4.78, 5) is 0. The molecule has 0 radical (unpaired) electrons. The summed E-state index contributed by atoms with van der Waals surface area (Å²) in [5.74, 6) is 0.644. The zero-order chi connectivity index (χ0) is 18.7. The largest absolute Gasteiger partial charge is 2.00 e. The van der Waals surface area contributed by atoms with Crippen LogP contribution in [0.1, 0.15) is 0 Å². The second-order valence-corrected chi connectivity index (χ2v) is 4.83. The molecule has 0 heterocycles. The van der Waals surface area contributed by atoms with Gasteiger partial charge in [-0.2, -0.15) is 72.8 Å². The Bertz CT molecular complexity index is 626. The fraction of sp³-hybridized carbons (Fsp3) is 0. The summed E-state index contributed by atoms with van der Waals surface area (Å²) < 4.78 is 0. The van der Waals surface area contributed by atoms with Gasteiger partial charge in [-0.3, -0.25) is 0 Å². The van der Waals surface area contributed by atoms with Gasteiger partial charge in [-0.25, -0.2) is 0 Å². The number of phenolic OH excluding ortho intramolecular Hbond substituents is 2. The maximum absolute atomic E-state index is 8.63. The Hall–Kier alpha value is -2.81. The van der Waals surface area contributed by atoms with Crippen LogP contribution in [0.25, 0.3) is 0 Å². The Morgan fingerprint density at radius 2 is 0.667 bits per heavy atom. The third kappa shape index (κ3) is 16.4. The van der Waals surface area contributed by atoms with Gasteiger partial charge in [0.25, 0.3) is 0 Å². The van der Waals surface area contributed by atoms with Crippen molar-refractivity contribution in [2.24, 2.45) is 0 Å². The second-order valence-electron chi connectivity index (χ2n) is 4.83. The van der Waals surface area contributed by atoms with Crippen molar-refractivity contribution in [1.82, 2.24) is 0 Å². The van der Waals surface area contributed by atoms with E-state index in [1.54, 1.807) is 48.5 Å². The van der Waals surface area contributed by atoms with Gasteiger partial charge in [0.1, 0.15) is 11.5 Å². The second kappa shape index (κ2) is 18.0. The van der Waals surface area contributed by atoms with Gasteiger partial charge in [0.15, 0.2) is 0 Å². The fourth-order valence-electron chi connectivity index (χ4n) is 1.54. The zero-order valence-corrected chi connectivity index (χ0v) is 16.5. The van der Waals surface area contributed by atoms with E-state index in [0.29, 0.717) is 11.5 Å². The number of para-hydroxylation sites is 2. The molecule has 4 rings (SSSR count). The molecular formula is C24H22O2Ti. The monoisotopic (exact) mass is 390 g/mol. The van der Waals surface area contributed by atoms with Crippen LogP contribution in [0.15, 0.2) is 121 Å². The smallest absolute Gasteiger partial charge is 0.508 e. The number of rotatable bonds is 0. The Kier molecular flexibility index (Phi) is 16.1. The van der Waals surface area contributed by atoms with Crippen molar-refractivity contribution in [3.05, 3.63) is 133 Å². The molecule has 2 N–H and O–H groups in total. The molecule has 0 aromatic heterocycles. The number of aromatic hydroxyl groups is 2. The van der Waals surface area contributed by atoms with Gasteiger partial charge in [-0.15, -0.1) is 0 Å². The third-order valence-corrected chi connectivity index (χ3v) is 2.73. The Balaban J connectivity index is 0.000000331. The van der Waals surface area contributed by atoms with Crippen molar-refractivity contribution in [3.8, 4) is 11.5 Å².